The lowest BCUT2D eigenvalue weighted by Crippen LogP contribution is -2.36. The number of unbranched alkanes of at least 4 members (excludes halogenated alkanes) is 2. The van der Waals surface area contributed by atoms with E-state index in [-0.39, 0.29) is 29.9 Å². The van der Waals surface area contributed by atoms with Crippen LogP contribution in [0.15, 0.2) is 5.11 Å². The number of rotatable bonds is 13. The van der Waals surface area contributed by atoms with Crippen LogP contribution in [0.5, 0.6) is 0 Å². The molecule has 0 aromatic rings. The summed E-state index contributed by atoms with van der Waals surface area (Å²) >= 11 is 1.89. The highest BCUT2D eigenvalue weighted by Crippen LogP contribution is 2.33. The van der Waals surface area contributed by atoms with Crippen molar-refractivity contribution in [3.05, 3.63) is 10.4 Å². The third-order valence-corrected chi connectivity index (χ3v) is 6.33. The Labute approximate surface area is 169 Å². The molecule has 2 rings (SSSR count). The molecule has 11 heteroatoms. The summed E-state index contributed by atoms with van der Waals surface area (Å²) in [6.07, 6.45) is 5.01. The molecular formula is C17H29N7O3S. The minimum absolute atomic E-state index is 0.00333. The van der Waals surface area contributed by atoms with Crippen molar-refractivity contribution in [2.45, 2.75) is 62.3 Å². The molecule has 0 aromatic heterocycles. The van der Waals surface area contributed by atoms with Crippen LogP contribution in [-0.4, -0.2) is 60.6 Å². The van der Waals surface area contributed by atoms with Gasteiger partial charge in [-0.05, 0) is 31.2 Å². The Morgan fingerprint density at radius 1 is 1.11 bits per heavy atom. The number of thioether (sulfide) groups is 1. The van der Waals surface area contributed by atoms with Crippen molar-refractivity contribution in [2.24, 2.45) is 5.11 Å². The van der Waals surface area contributed by atoms with Crippen LogP contribution in [0, 0.1) is 0 Å². The molecule has 2 aliphatic heterocycles. The lowest BCUT2D eigenvalue weighted by molar-refractivity contribution is -0.123. The Bertz CT molecular complexity index is 597. The second-order valence-electron chi connectivity index (χ2n) is 6.98. The first-order valence-electron chi connectivity index (χ1n) is 9.83. The number of hydrogen-bond acceptors (Lipinski definition) is 5. The maximum atomic E-state index is 11.8. The van der Waals surface area contributed by atoms with Crippen LogP contribution in [0.2, 0.25) is 0 Å². The third-order valence-electron chi connectivity index (χ3n) is 4.83. The monoisotopic (exact) mass is 411 g/mol. The van der Waals surface area contributed by atoms with Gasteiger partial charge in [0, 0.05) is 48.4 Å². The summed E-state index contributed by atoms with van der Waals surface area (Å²) in [4.78, 5) is 37.5. The molecule has 156 valence electrons. The van der Waals surface area contributed by atoms with E-state index in [4.69, 9.17) is 5.53 Å². The van der Waals surface area contributed by atoms with Gasteiger partial charge in [-0.15, -0.1) is 0 Å². The van der Waals surface area contributed by atoms with Gasteiger partial charge in [-0.2, -0.15) is 11.8 Å². The van der Waals surface area contributed by atoms with E-state index in [1.807, 2.05) is 11.8 Å². The van der Waals surface area contributed by atoms with Gasteiger partial charge in [-0.25, -0.2) is 4.79 Å². The van der Waals surface area contributed by atoms with Crippen LogP contribution in [0.4, 0.5) is 4.79 Å². The van der Waals surface area contributed by atoms with Crippen LogP contribution in [-0.2, 0) is 9.59 Å². The fourth-order valence-electron chi connectivity index (χ4n) is 3.37. The van der Waals surface area contributed by atoms with Crippen molar-refractivity contribution in [2.75, 3.05) is 25.4 Å². The summed E-state index contributed by atoms with van der Waals surface area (Å²) in [6.45, 7) is 1.24. The van der Waals surface area contributed by atoms with E-state index in [0.717, 1.165) is 25.0 Å². The van der Waals surface area contributed by atoms with Crippen molar-refractivity contribution in [1.82, 2.24) is 21.3 Å². The second kappa shape index (κ2) is 12.4. The number of carbonyl (C=O) groups excluding carboxylic acids is 3. The molecule has 0 aromatic carbocycles. The molecule has 2 aliphatic rings. The smallest absolute Gasteiger partial charge is 0.315 e. The normalized spacial score (nSPS) is 22.6. The number of azide groups is 1. The van der Waals surface area contributed by atoms with Gasteiger partial charge in [0.05, 0.1) is 12.1 Å². The van der Waals surface area contributed by atoms with Gasteiger partial charge >= 0.3 is 6.03 Å². The lowest BCUT2D eigenvalue weighted by Gasteiger charge is -2.16. The van der Waals surface area contributed by atoms with Crippen LogP contribution in [0.1, 0.15) is 44.9 Å². The molecule has 0 bridgehead atoms. The maximum absolute atomic E-state index is 11.8. The van der Waals surface area contributed by atoms with Gasteiger partial charge in [0.1, 0.15) is 0 Å². The van der Waals surface area contributed by atoms with E-state index in [9.17, 15) is 14.4 Å². The van der Waals surface area contributed by atoms with E-state index in [2.05, 4.69) is 31.3 Å². The van der Waals surface area contributed by atoms with Crippen molar-refractivity contribution in [1.29, 1.82) is 0 Å². The molecule has 0 spiro atoms. The molecule has 28 heavy (non-hydrogen) atoms. The Balaban J connectivity index is 1.42. The van der Waals surface area contributed by atoms with Crippen molar-refractivity contribution in [3.63, 3.8) is 0 Å². The largest absolute Gasteiger partial charge is 0.354 e. The Morgan fingerprint density at radius 3 is 2.46 bits per heavy atom. The van der Waals surface area contributed by atoms with Crippen LogP contribution in [0.3, 0.4) is 0 Å². The molecule has 2 heterocycles. The third kappa shape index (κ3) is 7.85. The fraction of sp³-hybridized carbons (Fsp3) is 0.824. The number of hydrogen-bond donors (Lipinski definition) is 4. The summed E-state index contributed by atoms with van der Waals surface area (Å²) < 4.78 is 0. The highest BCUT2D eigenvalue weighted by molar-refractivity contribution is 8.00. The van der Waals surface area contributed by atoms with E-state index in [1.54, 1.807) is 0 Å². The highest BCUT2D eigenvalue weighted by Gasteiger charge is 2.42. The first kappa shape index (κ1) is 22.2. The van der Waals surface area contributed by atoms with E-state index >= 15 is 0 Å². The van der Waals surface area contributed by atoms with Crippen LogP contribution >= 0.6 is 11.8 Å². The zero-order chi connectivity index (χ0) is 20.2. The van der Waals surface area contributed by atoms with Gasteiger partial charge in [-0.1, -0.05) is 11.5 Å². The molecule has 0 unspecified atom stereocenters. The summed E-state index contributed by atoms with van der Waals surface area (Å²) in [5.41, 5.74) is 8.15. The predicted octanol–water partition coefficient (Wildman–Crippen LogP) is 1.43. The van der Waals surface area contributed by atoms with Crippen molar-refractivity contribution < 1.29 is 14.4 Å². The maximum Gasteiger partial charge on any atom is 0.315 e. The number of amides is 4. The average Bonchev–Trinajstić information content (AvgIpc) is 3.21. The molecule has 10 nitrogen and oxygen atoms in total. The molecule has 0 aliphatic carbocycles. The topological polar surface area (TPSA) is 148 Å². The number of nitrogens with one attached hydrogen (secondary N) is 4. The standard InChI is InChI=1S/C17H29N7O3S/c18-24-21-8-4-3-7-15(26)20-10-9-19-14(25)6-2-1-5-13-16-12(11-28-13)22-17(27)23-16/h12-13,16H,1-11H2,(H,19,25)(H,20,26)(H2,22,23,27)/t12-,13-,16-/m0/s1. The van der Waals surface area contributed by atoms with Crippen molar-refractivity contribution >= 4 is 29.6 Å². The van der Waals surface area contributed by atoms with Gasteiger partial charge in [0.25, 0.3) is 0 Å². The van der Waals surface area contributed by atoms with E-state index < -0.39 is 0 Å². The molecule has 0 radical (unpaired) electrons. The molecule has 4 amide bonds. The molecule has 3 atom stereocenters. The number of carbonyl (C=O) groups is 3. The highest BCUT2D eigenvalue weighted by atomic mass is 32.2. The van der Waals surface area contributed by atoms with Crippen molar-refractivity contribution in [3.8, 4) is 0 Å². The fourth-order valence-corrected chi connectivity index (χ4v) is 4.91. The number of fused-ring (bicyclic) bond motifs is 1. The summed E-state index contributed by atoms with van der Waals surface area (Å²) in [7, 11) is 0. The van der Waals surface area contributed by atoms with Gasteiger partial charge in [0.15, 0.2) is 0 Å². The molecular weight excluding hydrogens is 382 g/mol. The van der Waals surface area contributed by atoms with Gasteiger partial charge in [-0.3, -0.25) is 9.59 Å². The van der Waals surface area contributed by atoms with Gasteiger partial charge in [0.2, 0.25) is 11.8 Å². The van der Waals surface area contributed by atoms with E-state index in [1.165, 1.54) is 0 Å². The summed E-state index contributed by atoms with van der Waals surface area (Å²) in [6, 6.07) is 0.390. The first-order valence-corrected chi connectivity index (χ1v) is 10.9. The Morgan fingerprint density at radius 2 is 1.79 bits per heavy atom. The predicted molar refractivity (Wildman–Crippen MR) is 108 cm³/mol. The minimum Gasteiger partial charge on any atom is -0.354 e. The van der Waals surface area contributed by atoms with Gasteiger partial charge < -0.3 is 21.3 Å². The van der Waals surface area contributed by atoms with E-state index in [0.29, 0.717) is 50.6 Å². The SMILES string of the molecule is [N-]=[N+]=NCCCCC(=O)NCCNC(=O)CCCC[C@@H]1SC[C@@H]2NC(=O)N[C@@H]21. The summed E-state index contributed by atoms with van der Waals surface area (Å²) in [5.74, 6) is 0.890. The molecule has 4 N–H and O–H groups in total. The first-order chi connectivity index (χ1) is 13.6. The Hall–Kier alpha value is -2.13. The number of nitrogens with zero attached hydrogens (tertiary/aromatic N) is 3. The zero-order valence-electron chi connectivity index (χ0n) is 16.0. The minimum atomic E-state index is -0.0695. The quantitative estimate of drug-likeness (QED) is 0.119. The molecule has 2 saturated heterocycles. The second-order valence-corrected chi connectivity index (χ2v) is 8.25. The molecule has 0 saturated carbocycles. The van der Waals surface area contributed by atoms with Crippen LogP contribution in [0.25, 0.3) is 10.4 Å². The summed E-state index contributed by atoms with van der Waals surface area (Å²) in [5, 5.41) is 15.3. The van der Waals surface area contributed by atoms with Crippen LogP contribution < -0.4 is 21.3 Å². The lowest BCUT2D eigenvalue weighted by atomic mass is 10.0. The number of urea groups is 1. The Kier molecular flexibility index (Phi) is 9.78. The zero-order valence-corrected chi connectivity index (χ0v) is 16.8. The average molecular weight is 412 g/mol. The molecule has 2 fully saturated rings.